The van der Waals surface area contributed by atoms with Gasteiger partial charge in [-0.25, -0.2) is 9.97 Å². The number of hydrogen-bond donors (Lipinski definition) is 2. The Morgan fingerprint density at radius 1 is 1.19 bits per heavy atom. The van der Waals surface area contributed by atoms with Crippen LogP contribution in [-0.4, -0.2) is 40.6 Å². The zero-order valence-electron chi connectivity index (χ0n) is 16.7. The van der Waals surface area contributed by atoms with E-state index < -0.39 is 0 Å². The topological polar surface area (TPSA) is 98.3 Å². The van der Waals surface area contributed by atoms with Gasteiger partial charge in [-0.1, -0.05) is 11.6 Å². The lowest BCUT2D eigenvalue weighted by molar-refractivity contribution is 0.0949. The molecule has 1 aliphatic heterocycles. The summed E-state index contributed by atoms with van der Waals surface area (Å²) in [7, 11) is 1.56. The second-order valence-corrected chi connectivity index (χ2v) is 8.64. The van der Waals surface area contributed by atoms with Crippen LogP contribution in [0, 0.1) is 0 Å². The Bertz CT molecular complexity index is 1330. The van der Waals surface area contributed by atoms with Crippen LogP contribution in [0.25, 0.3) is 21.0 Å². The Morgan fingerprint density at radius 3 is 2.90 bits per heavy atom. The number of thiophene rings is 1. The van der Waals surface area contributed by atoms with E-state index in [2.05, 4.69) is 25.6 Å². The molecule has 4 heterocycles. The Balaban J connectivity index is 1.55. The fraction of sp³-hybridized carbons (Fsp3) is 0.238. The van der Waals surface area contributed by atoms with Gasteiger partial charge in [0, 0.05) is 47.3 Å². The lowest BCUT2D eigenvalue weighted by Gasteiger charge is -2.10. The summed E-state index contributed by atoms with van der Waals surface area (Å²) in [6.45, 7) is 2.86. The van der Waals surface area contributed by atoms with Crippen molar-refractivity contribution in [1.29, 1.82) is 0 Å². The minimum absolute atomic E-state index is 0.0535. The van der Waals surface area contributed by atoms with Gasteiger partial charge in [-0.3, -0.25) is 4.79 Å². The molecular formula is C21H18ClN5O3S. The van der Waals surface area contributed by atoms with Gasteiger partial charge in [0.2, 0.25) is 11.8 Å². The summed E-state index contributed by atoms with van der Waals surface area (Å²) in [6.07, 6.45) is 0. The quantitative estimate of drug-likeness (QED) is 0.441. The van der Waals surface area contributed by atoms with Gasteiger partial charge in [0.25, 0.3) is 5.91 Å². The molecule has 1 aliphatic rings. The SMILES string of the molecule is COCc1nc(Cl)cc(Oc2ccc3c(ccc4sc5c(c43)NC[C@H](C)NC5=O)n2)n1. The summed E-state index contributed by atoms with van der Waals surface area (Å²) in [6, 6.07) is 9.20. The van der Waals surface area contributed by atoms with Crippen molar-refractivity contribution < 1.29 is 14.3 Å². The molecule has 0 saturated heterocycles. The van der Waals surface area contributed by atoms with Crippen LogP contribution in [0.2, 0.25) is 5.15 Å². The second-order valence-electron chi connectivity index (χ2n) is 7.20. The van der Waals surface area contributed by atoms with Gasteiger partial charge in [-0.05, 0) is 25.1 Å². The van der Waals surface area contributed by atoms with Crippen molar-refractivity contribution in [3.63, 3.8) is 0 Å². The van der Waals surface area contributed by atoms with Crippen molar-refractivity contribution in [2.75, 3.05) is 19.0 Å². The Morgan fingerprint density at radius 2 is 2.06 bits per heavy atom. The molecule has 0 spiro atoms. The summed E-state index contributed by atoms with van der Waals surface area (Å²) in [5.41, 5.74) is 1.61. The largest absolute Gasteiger partial charge is 0.421 e. The first-order valence-electron chi connectivity index (χ1n) is 9.63. The number of anilines is 1. The number of benzene rings is 1. The Labute approximate surface area is 186 Å². The molecule has 4 aromatic rings. The molecule has 2 N–H and O–H groups in total. The summed E-state index contributed by atoms with van der Waals surface area (Å²) in [5, 5.41) is 8.63. The van der Waals surface area contributed by atoms with Crippen LogP contribution in [0.5, 0.6) is 11.8 Å². The normalized spacial score (nSPS) is 16.0. The van der Waals surface area contributed by atoms with Gasteiger partial charge in [-0.15, -0.1) is 11.3 Å². The number of methoxy groups -OCH3 is 1. The molecule has 8 nitrogen and oxygen atoms in total. The molecule has 10 heteroatoms. The van der Waals surface area contributed by atoms with E-state index in [0.717, 1.165) is 26.7 Å². The third-order valence-electron chi connectivity index (χ3n) is 4.87. The van der Waals surface area contributed by atoms with Crippen LogP contribution in [-0.2, 0) is 11.3 Å². The monoisotopic (exact) mass is 455 g/mol. The minimum Gasteiger partial charge on any atom is -0.421 e. The first kappa shape index (κ1) is 19.9. The molecule has 158 valence electrons. The lowest BCUT2D eigenvalue weighted by Crippen LogP contribution is -2.34. The molecule has 0 aliphatic carbocycles. The smallest absolute Gasteiger partial charge is 0.263 e. The Kier molecular flexibility index (Phi) is 5.09. The summed E-state index contributed by atoms with van der Waals surface area (Å²) >= 11 is 7.53. The number of nitrogens with one attached hydrogen (secondary N) is 2. The fourth-order valence-corrected chi connectivity index (χ4v) is 4.85. The van der Waals surface area contributed by atoms with E-state index in [0.29, 0.717) is 23.1 Å². The first-order chi connectivity index (χ1) is 15.0. The van der Waals surface area contributed by atoms with E-state index >= 15 is 0 Å². The summed E-state index contributed by atoms with van der Waals surface area (Å²) < 4.78 is 11.9. The van der Waals surface area contributed by atoms with E-state index in [1.54, 1.807) is 13.2 Å². The molecule has 0 saturated carbocycles. The number of amides is 1. The summed E-state index contributed by atoms with van der Waals surface area (Å²) in [5.74, 6) is 1.04. The average Bonchev–Trinajstić information content (AvgIpc) is 3.04. The second kappa shape index (κ2) is 7.92. The average molecular weight is 456 g/mol. The number of carbonyl (C=O) groups is 1. The fourth-order valence-electron chi connectivity index (χ4n) is 3.56. The van der Waals surface area contributed by atoms with E-state index in [1.807, 2.05) is 25.1 Å². The number of aromatic nitrogens is 3. The lowest BCUT2D eigenvalue weighted by atomic mass is 10.1. The highest BCUT2D eigenvalue weighted by molar-refractivity contribution is 7.21. The number of ether oxygens (including phenoxy) is 2. The highest BCUT2D eigenvalue weighted by Crippen LogP contribution is 2.41. The van der Waals surface area contributed by atoms with Gasteiger partial charge < -0.3 is 20.1 Å². The van der Waals surface area contributed by atoms with Crippen LogP contribution < -0.4 is 15.4 Å². The molecule has 0 unspecified atom stereocenters. The van der Waals surface area contributed by atoms with Crippen molar-refractivity contribution in [1.82, 2.24) is 20.3 Å². The number of pyridine rings is 1. The van der Waals surface area contributed by atoms with Crippen molar-refractivity contribution in [3.05, 3.63) is 46.2 Å². The van der Waals surface area contributed by atoms with Crippen LogP contribution in [0.1, 0.15) is 22.4 Å². The molecule has 0 bridgehead atoms. The zero-order valence-corrected chi connectivity index (χ0v) is 18.3. The number of nitrogens with zero attached hydrogens (tertiary/aromatic N) is 3. The molecular weight excluding hydrogens is 438 g/mol. The van der Waals surface area contributed by atoms with E-state index in [4.69, 9.17) is 21.1 Å². The van der Waals surface area contributed by atoms with Crippen molar-refractivity contribution in [2.24, 2.45) is 0 Å². The first-order valence-corrected chi connectivity index (χ1v) is 10.8. The van der Waals surface area contributed by atoms with Gasteiger partial charge in [-0.2, -0.15) is 4.98 Å². The zero-order chi connectivity index (χ0) is 21.5. The Hall–Kier alpha value is -3.01. The van der Waals surface area contributed by atoms with Crippen LogP contribution in [0.15, 0.2) is 30.3 Å². The van der Waals surface area contributed by atoms with Crippen LogP contribution >= 0.6 is 22.9 Å². The predicted octanol–water partition coefficient (Wildman–Crippen LogP) is 4.38. The molecule has 1 amide bonds. The minimum atomic E-state index is -0.0535. The van der Waals surface area contributed by atoms with Gasteiger partial charge in [0.15, 0.2) is 5.82 Å². The van der Waals surface area contributed by atoms with E-state index in [9.17, 15) is 4.79 Å². The molecule has 5 rings (SSSR count). The highest BCUT2D eigenvalue weighted by atomic mass is 35.5. The molecule has 0 radical (unpaired) electrons. The number of fused-ring (bicyclic) bond motifs is 5. The van der Waals surface area contributed by atoms with E-state index in [-0.39, 0.29) is 29.6 Å². The van der Waals surface area contributed by atoms with Crippen LogP contribution in [0.4, 0.5) is 5.69 Å². The molecule has 1 aromatic carbocycles. The third-order valence-corrected chi connectivity index (χ3v) is 6.21. The number of halogens is 1. The maximum atomic E-state index is 12.6. The van der Waals surface area contributed by atoms with Gasteiger partial charge >= 0.3 is 0 Å². The van der Waals surface area contributed by atoms with Crippen molar-refractivity contribution in [3.8, 4) is 11.8 Å². The molecule has 3 aromatic heterocycles. The van der Waals surface area contributed by atoms with Gasteiger partial charge in [0.05, 0.1) is 11.2 Å². The summed E-state index contributed by atoms with van der Waals surface area (Å²) in [4.78, 5) is 26.3. The van der Waals surface area contributed by atoms with Crippen molar-refractivity contribution >= 4 is 55.5 Å². The van der Waals surface area contributed by atoms with Crippen LogP contribution in [0.3, 0.4) is 0 Å². The molecule has 31 heavy (non-hydrogen) atoms. The standard InChI is InChI=1S/C21H18ClN5O3S/c1-10-8-23-19-18-11-3-6-16(30-17-7-14(22)26-15(27-17)9-29-2)25-12(11)4-5-13(18)31-20(19)21(28)24-10/h3-7,10,23H,8-9H2,1-2H3,(H,24,28)/t10-/m0/s1. The number of rotatable bonds is 4. The number of carbonyl (C=O) groups excluding carboxylic acids is 1. The number of hydrogen-bond acceptors (Lipinski definition) is 8. The van der Waals surface area contributed by atoms with E-state index in [1.165, 1.54) is 17.4 Å². The highest BCUT2D eigenvalue weighted by Gasteiger charge is 2.24. The molecule has 1 atom stereocenters. The molecule has 0 fully saturated rings. The third kappa shape index (κ3) is 3.76. The van der Waals surface area contributed by atoms with Gasteiger partial charge in [0.1, 0.15) is 16.6 Å². The maximum Gasteiger partial charge on any atom is 0.263 e. The van der Waals surface area contributed by atoms with Crippen molar-refractivity contribution in [2.45, 2.75) is 19.6 Å². The predicted molar refractivity (Wildman–Crippen MR) is 120 cm³/mol. The maximum absolute atomic E-state index is 12.6.